The Morgan fingerprint density at radius 1 is 1.09 bits per heavy atom. The lowest BCUT2D eigenvalue weighted by atomic mass is 9.52. The van der Waals surface area contributed by atoms with Crippen molar-refractivity contribution in [2.75, 3.05) is 0 Å². The van der Waals surface area contributed by atoms with Crippen molar-refractivity contribution >= 4 is 36.1 Å². The van der Waals surface area contributed by atoms with Crippen LogP contribution < -0.4 is 10.2 Å². The van der Waals surface area contributed by atoms with Crippen molar-refractivity contribution < 1.29 is 18.4 Å². The number of halogens is 1. The van der Waals surface area contributed by atoms with Gasteiger partial charge >= 0.3 is 7.12 Å². The van der Waals surface area contributed by atoms with E-state index in [2.05, 4.69) is 0 Å². The van der Waals surface area contributed by atoms with Crippen LogP contribution in [0.5, 0.6) is 5.75 Å². The molecule has 1 aliphatic rings. The van der Waals surface area contributed by atoms with Crippen molar-refractivity contribution in [3.63, 3.8) is 0 Å². The average Bonchev–Trinajstić information content (AvgIpc) is 2.51. The Labute approximate surface area is 135 Å². The quantitative estimate of drug-likeness (QED) is 0.693. The van der Waals surface area contributed by atoms with Crippen molar-refractivity contribution in [1.29, 1.82) is 0 Å². The summed E-state index contributed by atoms with van der Waals surface area (Å²) in [5.41, 5.74) is -0.153. The Hall–Kier alpha value is -0.870. The van der Waals surface area contributed by atoms with Crippen LogP contribution in [-0.4, -0.2) is 47.2 Å². The summed E-state index contributed by atoms with van der Waals surface area (Å²) >= 11 is 0. The van der Waals surface area contributed by atoms with Crippen LogP contribution in [0.1, 0.15) is 33.3 Å². The highest BCUT2D eigenvalue weighted by Crippen LogP contribution is 2.37. The lowest BCUT2D eigenvalue weighted by Gasteiger charge is -2.32. The number of benzene rings is 1. The Morgan fingerprint density at radius 3 is 2.05 bits per heavy atom. The van der Waals surface area contributed by atoms with Crippen molar-refractivity contribution in [2.45, 2.75) is 51.1 Å². The molecule has 0 saturated carbocycles. The highest BCUT2D eigenvalue weighted by atomic mass is 19.1. The first-order valence-corrected chi connectivity index (χ1v) is 7.68. The fourth-order valence-electron chi connectivity index (χ4n) is 2.28. The van der Waals surface area contributed by atoms with E-state index >= 15 is 0 Å². The second-order valence-electron chi connectivity index (χ2n) is 7.91. The van der Waals surface area contributed by atoms with E-state index in [1.807, 2.05) is 51.2 Å². The molecule has 0 spiro atoms. The number of ether oxygens (including phenoxy) is 1. The van der Waals surface area contributed by atoms with Crippen molar-refractivity contribution in [2.24, 2.45) is 0 Å². The van der Waals surface area contributed by atoms with Crippen LogP contribution in [0.15, 0.2) is 12.1 Å². The Bertz CT molecular complexity index is 568. The molecular weight excluding hydrogens is 278 g/mol. The Balaban J connectivity index is 2.48. The molecule has 1 fully saturated rings. The molecule has 3 nitrogen and oxygen atoms in total. The van der Waals surface area contributed by atoms with E-state index in [0.717, 1.165) is 0 Å². The summed E-state index contributed by atoms with van der Waals surface area (Å²) in [6, 6.07) is 3.50. The van der Waals surface area contributed by atoms with Gasteiger partial charge in [0.15, 0.2) is 0 Å². The van der Waals surface area contributed by atoms with Gasteiger partial charge in [-0.2, -0.15) is 0 Å². The zero-order chi connectivity index (χ0) is 16.9. The molecular formula is C14H23B4FO3. The topological polar surface area (TPSA) is 27.7 Å². The Kier molecular flexibility index (Phi) is 4.25. The molecule has 8 heteroatoms. The molecule has 0 unspecified atom stereocenters. The Morgan fingerprint density at radius 2 is 1.59 bits per heavy atom. The molecule has 0 radical (unpaired) electrons. The summed E-state index contributed by atoms with van der Waals surface area (Å²) in [4.78, 5) is 0. The van der Waals surface area contributed by atoms with Gasteiger partial charge in [-0.25, -0.2) is 4.39 Å². The monoisotopic (exact) mass is 302 g/mol. The van der Waals surface area contributed by atoms with Crippen molar-refractivity contribution in [1.82, 2.24) is 0 Å². The molecule has 0 amide bonds. The molecule has 1 aliphatic heterocycles. The SMILES string of the molecule is BC(B)(B)Oc1ccc(C)c(F)c1B1OC(C)(C)C(C)(C)O1. The maximum Gasteiger partial charge on any atom is 0.501 e. The van der Waals surface area contributed by atoms with Crippen LogP contribution in [-0.2, 0) is 9.31 Å². The van der Waals surface area contributed by atoms with E-state index in [4.69, 9.17) is 14.0 Å². The van der Waals surface area contributed by atoms with Crippen LogP contribution >= 0.6 is 0 Å². The second kappa shape index (κ2) is 5.34. The first kappa shape index (κ1) is 17.5. The van der Waals surface area contributed by atoms with Crippen LogP contribution in [0.2, 0.25) is 0 Å². The first-order chi connectivity index (χ1) is 9.84. The molecule has 22 heavy (non-hydrogen) atoms. The predicted octanol–water partition coefficient (Wildman–Crippen LogP) is -0.677. The van der Waals surface area contributed by atoms with Crippen LogP contribution in [0.25, 0.3) is 0 Å². The van der Waals surface area contributed by atoms with Gasteiger partial charge in [0.2, 0.25) is 0 Å². The summed E-state index contributed by atoms with van der Waals surface area (Å²) < 4.78 is 32.7. The van der Waals surface area contributed by atoms with E-state index in [1.54, 1.807) is 19.1 Å². The number of aryl methyl sites for hydroxylation is 1. The smallest absolute Gasteiger partial charge is 0.501 e. The highest BCUT2D eigenvalue weighted by Gasteiger charge is 2.53. The molecule has 0 bridgehead atoms. The van der Waals surface area contributed by atoms with Gasteiger partial charge in [-0.1, -0.05) is 6.07 Å². The maximum absolute atomic E-state index is 14.8. The molecule has 1 aromatic carbocycles. The van der Waals surface area contributed by atoms with Gasteiger partial charge in [0, 0.05) is 5.30 Å². The van der Waals surface area contributed by atoms with Crippen molar-refractivity contribution in [3.05, 3.63) is 23.5 Å². The first-order valence-electron chi connectivity index (χ1n) is 7.68. The largest absolute Gasteiger partial charge is 0.514 e. The number of rotatable bonds is 3. The molecule has 0 atom stereocenters. The van der Waals surface area contributed by atoms with Crippen LogP contribution in [0.3, 0.4) is 0 Å². The molecule has 0 aromatic heterocycles. The summed E-state index contributed by atoms with van der Waals surface area (Å²) in [5.74, 6) is 0.134. The van der Waals surface area contributed by atoms with Gasteiger partial charge in [0.05, 0.1) is 16.7 Å². The third-order valence-electron chi connectivity index (χ3n) is 4.24. The molecule has 1 heterocycles. The predicted molar refractivity (Wildman–Crippen MR) is 95.8 cm³/mol. The van der Waals surface area contributed by atoms with Crippen molar-refractivity contribution in [3.8, 4) is 5.75 Å². The fourth-order valence-corrected chi connectivity index (χ4v) is 2.28. The van der Waals surface area contributed by atoms with Crippen LogP contribution in [0.4, 0.5) is 4.39 Å². The number of hydrogen-bond donors (Lipinski definition) is 0. The minimum absolute atomic E-state index is 0.333. The highest BCUT2D eigenvalue weighted by molar-refractivity contribution is 6.63. The summed E-state index contributed by atoms with van der Waals surface area (Å²) in [6.07, 6.45) is 0. The summed E-state index contributed by atoms with van der Waals surface area (Å²) in [6.45, 7) is 9.52. The summed E-state index contributed by atoms with van der Waals surface area (Å²) in [5, 5.41) is -0.430. The van der Waals surface area contributed by atoms with E-state index in [0.29, 0.717) is 16.8 Å². The maximum atomic E-state index is 14.8. The van der Waals surface area contributed by atoms with Crippen LogP contribution in [0, 0.1) is 12.7 Å². The third-order valence-corrected chi connectivity index (χ3v) is 4.24. The van der Waals surface area contributed by atoms with Gasteiger partial charge in [-0.15, -0.1) is 0 Å². The van der Waals surface area contributed by atoms with E-state index in [9.17, 15) is 4.39 Å². The normalized spacial score (nSPS) is 20.2. The second-order valence-corrected chi connectivity index (χ2v) is 7.91. The van der Waals surface area contributed by atoms with Gasteiger partial charge < -0.3 is 14.0 Å². The molecule has 1 saturated heterocycles. The average molecular weight is 302 g/mol. The van der Waals surface area contributed by atoms with Gasteiger partial charge in [-0.3, -0.25) is 0 Å². The zero-order valence-corrected chi connectivity index (χ0v) is 14.8. The van der Waals surface area contributed by atoms with Gasteiger partial charge in [0.25, 0.3) is 0 Å². The van der Waals surface area contributed by atoms with E-state index in [1.165, 1.54) is 0 Å². The molecule has 0 N–H and O–H groups in total. The lowest BCUT2D eigenvalue weighted by Crippen LogP contribution is -2.43. The molecule has 2 rings (SSSR count). The fraction of sp³-hybridized carbons (Fsp3) is 0.571. The molecule has 1 aromatic rings. The molecule has 0 aliphatic carbocycles. The standard InChI is InChI=1S/C14H23B4FO3/c1-8-6-7-9(20-14(15,16)17)10(11(8)19)18-21-12(2,3)13(4,5)22-18/h6-7H,15-17H2,1-5H3. The minimum atomic E-state index is -0.776. The van der Waals surface area contributed by atoms with E-state index < -0.39 is 23.6 Å². The number of hydrogen-bond acceptors (Lipinski definition) is 3. The van der Waals surface area contributed by atoms with E-state index in [-0.39, 0.29) is 5.82 Å². The summed E-state index contributed by atoms with van der Waals surface area (Å²) in [7, 11) is 5.01. The van der Waals surface area contributed by atoms with Gasteiger partial charge in [-0.05, 0) is 46.2 Å². The zero-order valence-electron chi connectivity index (χ0n) is 14.8. The van der Waals surface area contributed by atoms with Gasteiger partial charge in [0.1, 0.15) is 35.1 Å². The molecule has 116 valence electrons. The third kappa shape index (κ3) is 3.23. The lowest BCUT2D eigenvalue weighted by molar-refractivity contribution is 0.00578. The minimum Gasteiger partial charge on any atom is -0.514 e.